The third-order valence-electron chi connectivity index (χ3n) is 3.83. The van der Waals surface area contributed by atoms with Crippen LogP contribution < -0.4 is 16.4 Å². The Bertz CT molecular complexity index is 628. The van der Waals surface area contributed by atoms with Gasteiger partial charge < -0.3 is 21.1 Å². The molecule has 1 fully saturated rings. The van der Waals surface area contributed by atoms with Gasteiger partial charge in [-0.1, -0.05) is 22.4 Å². The van der Waals surface area contributed by atoms with Crippen molar-refractivity contribution in [2.75, 3.05) is 11.1 Å². The molecule has 1 aliphatic carbocycles. The number of alkyl carbamates (subject to hydrolysis) is 1. The Balaban J connectivity index is 2.00. The zero-order valence-corrected chi connectivity index (χ0v) is 15.8. The first-order valence-corrected chi connectivity index (χ1v) is 8.80. The second-order valence-corrected chi connectivity index (χ2v) is 7.93. The first-order chi connectivity index (χ1) is 11.2. The Morgan fingerprint density at radius 3 is 2.67 bits per heavy atom. The van der Waals surface area contributed by atoms with E-state index in [-0.39, 0.29) is 17.9 Å². The first kappa shape index (κ1) is 18.6. The zero-order valence-electron chi connectivity index (χ0n) is 14.2. The number of benzene rings is 1. The summed E-state index contributed by atoms with van der Waals surface area (Å²) in [6.45, 7) is 5.42. The van der Waals surface area contributed by atoms with E-state index < -0.39 is 11.7 Å². The van der Waals surface area contributed by atoms with Crippen LogP contribution in [0.2, 0.25) is 0 Å². The molecule has 24 heavy (non-hydrogen) atoms. The van der Waals surface area contributed by atoms with Gasteiger partial charge in [0.2, 0.25) is 5.91 Å². The highest BCUT2D eigenvalue weighted by atomic mass is 79.9. The number of ether oxygens (including phenoxy) is 1. The number of nitrogens with two attached hydrogens (primary N) is 1. The molecule has 4 N–H and O–H groups in total. The van der Waals surface area contributed by atoms with Crippen LogP contribution >= 0.6 is 15.9 Å². The number of nitrogens with one attached hydrogen (secondary N) is 2. The molecule has 0 spiro atoms. The minimum atomic E-state index is -0.564. The quantitative estimate of drug-likeness (QED) is 0.678. The number of anilines is 2. The van der Waals surface area contributed by atoms with Crippen LogP contribution in [-0.2, 0) is 9.53 Å². The average Bonchev–Trinajstić information content (AvgIpc) is 2.88. The van der Waals surface area contributed by atoms with Gasteiger partial charge in [-0.2, -0.15) is 0 Å². The van der Waals surface area contributed by atoms with Crippen molar-refractivity contribution in [1.29, 1.82) is 0 Å². The van der Waals surface area contributed by atoms with Crippen LogP contribution in [0.25, 0.3) is 0 Å². The van der Waals surface area contributed by atoms with Crippen LogP contribution in [0.5, 0.6) is 0 Å². The van der Waals surface area contributed by atoms with Gasteiger partial charge in [-0.05, 0) is 51.8 Å². The number of carbonyl (C=O) groups excluding carboxylic acids is 2. The van der Waals surface area contributed by atoms with Crippen LogP contribution in [0.3, 0.4) is 0 Å². The molecule has 1 saturated carbocycles. The Morgan fingerprint density at radius 2 is 2.00 bits per heavy atom. The van der Waals surface area contributed by atoms with E-state index in [4.69, 9.17) is 10.5 Å². The van der Waals surface area contributed by atoms with Gasteiger partial charge in [-0.3, -0.25) is 4.79 Å². The highest BCUT2D eigenvalue weighted by Gasteiger charge is 2.35. The lowest BCUT2D eigenvalue weighted by Gasteiger charge is -2.24. The molecule has 0 heterocycles. The maximum atomic E-state index is 12.6. The van der Waals surface area contributed by atoms with Crippen molar-refractivity contribution in [2.24, 2.45) is 5.92 Å². The summed E-state index contributed by atoms with van der Waals surface area (Å²) in [4.78, 5) is 24.5. The number of halogens is 1. The van der Waals surface area contributed by atoms with Gasteiger partial charge in [0.1, 0.15) is 5.60 Å². The van der Waals surface area contributed by atoms with E-state index in [1.54, 1.807) is 12.1 Å². The fourth-order valence-electron chi connectivity index (χ4n) is 2.77. The molecule has 2 unspecified atom stereocenters. The second kappa shape index (κ2) is 7.42. The van der Waals surface area contributed by atoms with Crippen molar-refractivity contribution in [3.05, 3.63) is 22.7 Å². The van der Waals surface area contributed by atoms with Gasteiger partial charge in [0, 0.05) is 10.5 Å². The molecule has 0 bridgehead atoms. The normalized spacial score (nSPS) is 20.5. The first-order valence-electron chi connectivity index (χ1n) is 8.01. The summed E-state index contributed by atoms with van der Waals surface area (Å²) in [5.74, 6) is -0.436. The number of hydrogen-bond acceptors (Lipinski definition) is 4. The molecule has 1 aromatic rings. The Morgan fingerprint density at radius 1 is 1.29 bits per heavy atom. The van der Waals surface area contributed by atoms with Crippen LogP contribution in [-0.4, -0.2) is 23.6 Å². The lowest BCUT2D eigenvalue weighted by molar-refractivity contribution is -0.120. The lowest BCUT2D eigenvalue weighted by Crippen LogP contribution is -2.44. The van der Waals surface area contributed by atoms with Crippen molar-refractivity contribution in [3.8, 4) is 0 Å². The van der Waals surface area contributed by atoms with E-state index in [0.717, 1.165) is 23.7 Å². The van der Waals surface area contributed by atoms with Gasteiger partial charge >= 0.3 is 6.09 Å². The van der Waals surface area contributed by atoms with Gasteiger partial charge in [-0.25, -0.2) is 4.79 Å². The molecule has 2 amide bonds. The number of nitrogen functional groups attached to an aromatic ring is 1. The van der Waals surface area contributed by atoms with Crippen LogP contribution in [0.15, 0.2) is 22.7 Å². The number of amides is 2. The number of carbonyl (C=O) groups is 2. The fourth-order valence-corrected chi connectivity index (χ4v) is 3.13. The molecule has 2 rings (SSSR count). The molecule has 0 saturated heterocycles. The predicted molar refractivity (Wildman–Crippen MR) is 97.7 cm³/mol. The van der Waals surface area contributed by atoms with E-state index in [1.165, 1.54) is 0 Å². The van der Waals surface area contributed by atoms with Crippen molar-refractivity contribution in [1.82, 2.24) is 5.32 Å². The summed E-state index contributed by atoms with van der Waals surface area (Å²) in [6.07, 6.45) is 1.87. The highest BCUT2D eigenvalue weighted by Crippen LogP contribution is 2.29. The molecular weight excluding hydrogens is 374 g/mol. The standard InChI is InChI=1S/C17H24BrN3O3/c1-17(2,3)24-16(23)21-13-6-4-5-11(13)15(22)20-14-9-10(18)7-8-12(14)19/h7-9,11,13H,4-6,19H2,1-3H3,(H,20,22)(H,21,23). The monoisotopic (exact) mass is 397 g/mol. The molecule has 2 atom stereocenters. The lowest BCUT2D eigenvalue weighted by atomic mass is 10.0. The van der Waals surface area contributed by atoms with Gasteiger partial charge in [0.25, 0.3) is 0 Å². The Labute approximate surface area is 150 Å². The van der Waals surface area contributed by atoms with E-state index in [1.807, 2.05) is 26.8 Å². The summed E-state index contributed by atoms with van der Waals surface area (Å²) >= 11 is 3.36. The van der Waals surface area contributed by atoms with E-state index in [9.17, 15) is 9.59 Å². The maximum absolute atomic E-state index is 12.6. The summed E-state index contributed by atoms with van der Waals surface area (Å²) in [5, 5.41) is 5.67. The smallest absolute Gasteiger partial charge is 0.407 e. The summed E-state index contributed by atoms with van der Waals surface area (Å²) in [7, 11) is 0. The molecule has 132 valence electrons. The number of rotatable bonds is 3. The second-order valence-electron chi connectivity index (χ2n) is 7.01. The van der Waals surface area contributed by atoms with E-state index >= 15 is 0 Å². The molecule has 6 nitrogen and oxygen atoms in total. The van der Waals surface area contributed by atoms with Crippen molar-refractivity contribution < 1.29 is 14.3 Å². The zero-order chi connectivity index (χ0) is 17.9. The average molecular weight is 398 g/mol. The predicted octanol–water partition coefficient (Wildman–Crippen LogP) is 3.66. The third kappa shape index (κ3) is 5.12. The molecule has 7 heteroatoms. The van der Waals surface area contributed by atoms with Gasteiger partial charge in [-0.15, -0.1) is 0 Å². The van der Waals surface area contributed by atoms with Crippen LogP contribution in [0.1, 0.15) is 40.0 Å². The van der Waals surface area contributed by atoms with E-state index in [0.29, 0.717) is 11.4 Å². The molecule has 0 radical (unpaired) electrons. The van der Waals surface area contributed by atoms with Crippen LogP contribution in [0, 0.1) is 5.92 Å². The summed E-state index contributed by atoms with van der Waals surface area (Å²) in [6, 6.07) is 5.07. The minimum absolute atomic E-state index is 0.140. The van der Waals surface area contributed by atoms with Gasteiger partial charge in [0.05, 0.1) is 17.3 Å². The summed E-state index contributed by atoms with van der Waals surface area (Å²) < 4.78 is 6.11. The number of hydrogen-bond donors (Lipinski definition) is 3. The van der Waals surface area contributed by atoms with Gasteiger partial charge in [0.15, 0.2) is 0 Å². The Hall–Kier alpha value is -1.76. The fraction of sp³-hybridized carbons (Fsp3) is 0.529. The Kier molecular flexibility index (Phi) is 5.74. The van der Waals surface area contributed by atoms with Crippen LogP contribution in [0.4, 0.5) is 16.2 Å². The molecule has 0 aliphatic heterocycles. The minimum Gasteiger partial charge on any atom is -0.444 e. The third-order valence-corrected chi connectivity index (χ3v) is 4.32. The molecule has 1 aliphatic rings. The van der Waals surface area contributed by atoms with Crippen molar-refractivity contribution >= 4 is 39.3 Å². The van der Waals surface area contributed by atoms with E-state index in [2.05, 4.69) is 26.6 Å². The maximum Gasteiger partial charge on any atom is 0.407 e. The highest BCUT2D eigenvalue weighted by molar-refractivity contribution is 9.10. The van der Waals surface area contributed by atoms with Crippen molar-refractivity contribution in [3.63, 3.8) is 0 Å². The summed E-state index contributed by atoms with van der Waals surface area (Å²) in [5.41, 5.74) is 6.40. The topological polar surface area (TPSA) is 93.4 Å². The SMILES string of the molecule is CC(C)(C)OC(=O)NC1CCCC1C(=O)Nc1cc(Br)ccc1N. The molecular formula is C17H24BrN3O3. The largest absolute Gasteiger partial charge is 0.444 e. The molecule has 0 aromatic heterocycles. The molecule has 1 aromatic carbocycles. The van der Waals surface area contributed by atoms with Crippen molar-refractivity contribution in [2.45, 2.75) is 51.7 Å².